The summed E-state index contributed by atoms with van der Waals surface area (Å²) in [4.78, 5) is 2.79. The van der Waals surface area contributed by atoms with Gasteiger partial charge in [0.1, 0.15) is 0 Å². The van der Waals surface area contributed by atoms with Crippen LogP contribution in [-0.4, -0.2) is 37.1 Å². The van der Waals surface area contributed by atoms with Gasteiger partial charge in [-0.25, -0.2) is 0 Å². The molecule has 2 aliphatic rings. The van der Waals surface area contributed by atoms with Gasteiger partial charge in [0.15, 0.2) is 0 Å². The molecule has 0 saturated carbocycles. The molecule has 2 aliphatic heterocycles. The summed E-state index contributed by atoms with van der Waals surface area (Å²) >= 11 is 0. The van der Waals surface area contributed by atoms with Crippen LogP contribution >= 0.6 is 0 Å². The van der Waals surface area contributed by atoms with E-state index >= 15 is 0 Å². The molecule has 0 aromatic heterocycles. The lowest BCUT2D eigenvalue weighted by Gasteiger charge is -2.36. The third-order valence-electron chi connectivity index (χ3n) is 4.83. The first-order valence-corrected chi connectivity index (χ1v) is 8.35. The van der Waals surface area contributed by atoms with Crippen molar-refractivity contribution in [3.63, 3.8) is 0 Å². The van der Waals surface area contributed by atoms with Crippen LogP contribution in [0.2, 0.25) is 0 Å². The molecule has 18 heavy (non-hydrogen) atoms. The summed E-state index contributed by atoms with van der Waals surface area (Å²) in [6, 6.07) is 0.910. The molecule has 2 rings (SSSR count). The Hall–Kier alpha value is -0.0800. The number of rotatable bonds is 6. The van der Waals surface area contributed by atoms with Crippen molar-refractivity contribution in [3.05, 3.63) is 0 Å². The van der Waals surface area contributed by atoms with Crippen molar-refractivity contribution in [2.45, 2.75) is 70.8 Å². The average molecular weight is 252 g/mol. The monoisotopic (exact) mass is 252 g/mol. The average Bonchev–Trinajstić information content (AvgIpc) is 2.42. The van der Waals surface area contributed by atoms with Crippen molar-refractivity contribution in [3.8, 4) is 0 Å². The fourth-order valence-electron chi connectivity index (χ4n) is 3.77. The molecule has 2 saturated heterocycles. The second-order valence-electron chi connectivity index (χ2n) is 6.33. The Morgan fingerprint density at radius 1 is 1.11 bits per heavy atom. The number of piperidine rings is 2. The molecular weight excluding hydrogens is 220 g/mol. The molecule has 1 N–H and O–H groups in total. The van der Waals surface area contributed by atoms with Gasteiger partial charge in [0.25, 0.3) is 0 Å². The van der Waals surface area contributed by atoms with E-state index in [4.69, 9.17) is 0 Å². The molecule has 0 amide bonds. The minimum absolute atomic E-state index is 0.910. The normalized spacial score (nSPS) is 30.5. The van der Waals surface area contributed by atoms with E-state index in [-0.39, 0.29) is 0 Å². The smallest absolute Gasteiger partial charge is 0.00951 e. The van der Waals surface area contributed by atoms with E-state index in [0.717, 1.165) is 12.0 Å². The van der Waals surface area contributed by atoms with Crippen LogP contribution in [0.25, 0.3) is 0 Å². The van der Waals surface area contributed by atoms with Gasteiger partial charge in [-0.1, -0.05) is 19.8 Å². The Bertz CT molecular complexity index is 209. The van der Waals surface area contributed by atoms with Gasteiger partial charge in [0.2, 0.25) is 0 Å². The van der Waals surface area contributed by atoms with Gasteiger partial charge in [0, 0.05) is 6.04 Å². The zero-order chi connectivity index (χ0) is 12.6. The Labute approximate surface area is 114 Å². The summed E-state index contributed by atoms with van der Waals surface area (Å²) in [5.74, 6) is 0.966. The largest absolute Gasteiger partial charge is 0.316 e. The lowest BCUT2D eigenvalue weighted by atomic mass is 9.93. The van der Waals surface area contributed by atoms with Gasteiger partial charge in [-0.2, -0.15) is 0 Å². The van der Waals surface area contributed by atoms with Crippen molar-refractivity contribution in [1.29, 1.82) is 0 Å². The molecule has 2 heteroatoms. The van der Waals surface area contributed by atoms with Crippen LogP contribution in [0.3, 0.4) is 0 Å². The Morgan fingerprint density at radius 2 is 2.06 bits per heavy atom. The van der Waals surface area contributed by atoms with E-state index in [0.29, 0.717) is 0 Å². The molecule has 0 bridgehead atoms. The zero-order valence-corrected chi connectivity index (χ0v) is 12.3. The van der Waals surface area contributed by atoms with Crippen LogP contribution in [0.5, 0.6) is 0 Å². The quantitative estimate of drug-likeness (QED) is 0.779. The first-order chi connectivity index (χ1) is 8.90. The fraction of sp³-hybridized carbons (Fsp3) is 1.00. The molecule has 2 unspecified atom stereocenters. The van der Waals surface area contributed by atoms with Crippen LogP contribution in [-0.2, 0) is 0 Å². The van der Waals surface area contributed by atoms with E-state index in [1.807, 2.05) is 0 Å². The maximum absolute atomic E-state index is 3.54. The van der Waals surface area contributed by atoms with E-state index in [9.17, 15) is 0 Å². The lowest BCUT2D eigenvalue weighted by Crippen LogP contribution is -2.40. The van der Waals surface area contributed by atoms with Crippen molar-refractivity contribution >= 4 is 0 Å². The summed E-state index contributed by atoms with van der Waals surface area (Å²) in [7, 11) is 0. The number of hydrogen-bond acceptors (Lipinski definition) is 2. The van der Waals surface area contributed by atoms with Gasteiger partial charge < -0.3 is 10.2 Å². The van der Waals surface area contributed by atoms with Gasteiger partial charge in [-0.05, 0) is 77.0 Å². The Morgan fingerprint density at radius 3 is 2.83 bits per heavy atom. The van der Waals surface area contributed by atoms with Crippen molar-refractivity contribution < 1.29 is 0 Å². The van der Waals surface area contributed by atoms with Crippen molar-refractivity contribution in [2.24, 2.45) is 5.92 Å². The third kappa shape index (κ3) is 4.55. The predicted octanol–water partition coefficient (Wildman–Crippen LogP) is 3.42. The summed E-state index contributed by atoms with van der Waals surface area (Å²) in [6.45, 7) is 7.59. The molecule has 0 radical (unpaired) electrons. The van der Waals surface area contributed by atoms with E-state index in [1.54, 1.807) is 0 Å². The molecule has 2 heterocycles. The minimum Gasteiger partial charge on any atom is -0.316 e. The van der Waals surface area contributed by atoms with Gasteiger partial charge >= 0.3 is 0 Å². The number of likely N-dealkylation sites (tertiary alicyclic amines) is 1. The van der Waals surface area contributed by atoms with E-state index < -0.39 is 0 Å². The standard InChI is InChI=1S/C16H32N2/c1-2-7-16-10-3-4-12-18(16)13-6-9-15-8-5-11-17-14-15/h15-17H,2-14H2,1H3. The van der Waals surface area contributed by atoms with Crippen molar-refractivity contribution in [2.75, 3.05) is 26.2 Å². The summed E-state index contributed by atoms with van der Waals surface area (Å²) in [5, 5.41) is 3.54. The van der Waals surface area contributed by atoms with Gasteiger partial charge in [-0.3, -0.25) is 0 Å². The maximum atomic E-state index is 3.54. The van der Waals surface area contributed by atoms with Crippen LogP contribution in [0, 0.1) is 5.92 Å². The van der Waals surface area contributed by atoms with E-state index in [2.05, 4.69) is 17.1 Å². The van der Waals surface area contributed by atoms with Crippen molar-refractivity contribution in [1.82, 2.24) is 10.2 Å². The lowest BCUT2D eigenvalue weighted by molar-refractivity contribution is 0.134. The number of nitrogens with one attached hydrogen (secondary N) is 1. The molecule has 2 fully saturated rings. The fourth-order valence-corrected chi connectivity index (χ4v) is 3.77. The zero-order valence-electron chi connectivity index (χ0n) is 12.3. The first-order valence-electron chi connectivity index (χ1n) is 8.35. The van der Waals surface area contributed by atoms with Gasteiger partial charge in [-0.15, -0.1) is 0 Å². The molecule has 2 nitrogen and oxygen atoms in total. The van der Waals surface area contributed by atoms with Gasteiger partial charge in [0.05, 0.1) is 0 Å². The molecular formula is C16H32N2. The summed E-state index contributed by atoms with van der Waals surface area (Å²) in [5.41, 5.74) is 0. The molecule has 0 aliphatic carbocycles. The minimum atomic E-state index is 0.910. The predicted molar refractivity (Wildman–Crippen MR) is 78.9 cm³/mol. The Balaban J connectivity index is 1.64. The summed E-state index contributed by atoms with van der Waals surface area (Å²) in [6.07, 6.45) is 12.9. The van der Waals surface area contributed by atoms with Crippen LogP contribution in [0.4, 0.5) is 0 Å². The number of hydrogen-bond donors (Lipinski definition) is 1. The van der Waals surface area contributed by atoms with Crippen LogP contribution in [0.1, 0.15) is 64.7 Å². The molecule has 0 aromatic carbocycles. The highest BCUT2D eigenvalue weighted by Gasteiger charge is 2.21. The third-order valence-corrected chi connectivity index (χ3v) is 4.83. The summed E-state index contributed by atoms with van der Waals surface area (Å²) < 4.78 is 0. The number of nitrogens with zero attached hydrogens (tertiary/aromatic N) is 1. The van der Waals surface area contributed by atoms with Crippen LogP contribution < -0.4 is 5.32 Å². The first kappa shape index (κ1) is 14.3. The topological polar surface area (TPSA) is 15.3 Å². The highest BCUT2D eigenvalue weighted by atomic mass is 15.2. The molecule has 0 spiro atoms. The molecule has 2 atom stereocenters. The SMILES string of the molecule is CCCC1CCCCN1CCCC1CCCNC1. The van der Waals surface area contributed by atoms with E-state index in [1.165, 1.54) is 84.0 Å². The second kappa shape index (κ2) is 8.16. The highest BCUT2D eigenvalue weighted by molar-refractivity contribution is 4.77. The Kier molecular flexibility index (Phi) is 6.50. The molecule has 0 aromatic rings. The second-order valence-corrected chi connectivity index (χ2v) is 6.33. The van der Waals surface area contributed by atoms with Crippen LogP contribution in [0.15, 0.2) is 0 Å². The highest BCUT2D eigenvalue weighted by Crippen LogP contribution is 2.22. The maximum Gasteiger partial charge on any atom is 0.00951 e. The molecule has 106 valence electrons.